The van der Waals surface area contributed by atoms with E-state index in [1.807, 2.05) is 31.2 Å². The van der Waals surface area contributed by atoms with Gasteiger partial charge in [0.25, 0.3) is 5.91 Å². The summed E-state index contributed by atoms with van der Waals surface area (Å²) < 4.78 is 32.3. The number of carbonyl (C=O) groups excluding carboxylic acids is 1. The number of nitrogens with one attached hydrogen (secondary N) is 2. The fourth-order valence-electron chi connectivity index (χ4n) is 2.67. The molecule has 0 fully saturated rings. The van der Waals surface area contributed by atoms with Crippen molar-refractivity contribution in [2.75, 3.05) is 22.9 Å². The second kappa shape index (κ2) is 7.58. The third kappa shape index (κ3) is 4.06. The van der Waals surface area contributed by atoms with Crippen LogP contribution in [0.15, 0.2) is 42.5 Å². The maximum Gasteiger partial charge on any atom is 0.266 e. The van der Waals surface area contributed by atoms with E-state index in [0.29, 0.717) is 22.0 Å². The summed E-state index contributed by atoms with van der Waals surface area (Å²) in [7, 11) is -1.97. The van der Waals surface area contributed by atoms with Crippen LogP contribution < -0.4 is 14.8 Å². The summed E-state index contributed by atoms with van der Waals surface area (Å²) in [5.74, 6) is 0.0791. The molecule has 0 spiro atoms. The van der Waals surface area contributed by atoms with Gasteiger partial charge in [0.15, 0.2) is 0 Å². The number of aryl methyl sites for hydroxylation is 1. The van der Waals surface area contributed by atoms with Crippen LogP contribution in [0.4, 0.5) is 11.4 Å². The highest BCUT2D eigenvalue weighted by molar-refractivity contribution is 7.92. The highest BCUT2D eigenvalue weighted by atomic mass is 32.2. The van der Waals surface area contributed by atoms with Gasteiger partial charge >= 0.3 is 0 Å². The van der Waals surface area contributed by atoms with Crippen molar-refractivity contribution < 1.29 is 17.9 Å². The van der Waals surface area contributed by atoms with E-state index >= 15 is 0 Å². The topological polar surface area (TPSA) is 84.5 Å². The first-order valence-electron chi connectivity index (χ1n) is 8.32. The molecule has 0 unspecified atom stereocenters. The van der Waals surface area contributed by atoms with Crippen LogP contribution >= 0.6 is 11.3 Å². The Labute approximate surface area is 162 Å². The van der Waals surface area contributed by atoms with Gasteiger partial charge in [-0.05, 0) is 43.0 Å². The minimum Gasteiger partial charge on any atom is -0.494 e. The first kappa shape index (κ1) is 19.2. The number of fused-ring (bicyclic) bond motifs is 1. The maximum absolute atomic E-state index is 12.7. The van der Waals surface area contributed by atoms with Gasteiger partial charge in [-0.1, -0.05) is 18.2 Å². The summed E-state index contributed by atoms with van der Waals surface area (Å²) in [5, 5.41) is 3.92. The van der Waals surface area contributed by atoms with Gasteiger partial charge in [0.2, 0.25) is 10.0 Å². The number of hydrogen-bond acceptors (Lipinski definition) is 5. The number of methoxy groups -OCH3 is 1. The van der Waals surface area contributed by atoms with E-state index in [0.717, 1.165) is 15.6 Å². The second-order valence-corrected chi connectivity index (χ2v) is 8.99. The van der Waals surface area contributed by atoms with Gasteiger partial charge < -0.3 is 10.1 Å². The Morgan fingerprint density at radius 1 is 1.19 bits per heavy atom. The normalized spacial score (nSPS) is 11.4. The average molecular weight is 405 g/mol. The van der Waals surface area contributed by atoms with Crippen molar-refractivity contribution in [2.24, 2.45) is 0 Å². The first-order chi connectivity index (χ1) is 12.8. The predicted octanol–water partition coefficient (Wildman–Crippen LogP) is 4.23. The van der Waals surface area contributed by atoms with Gasteiger partial charge in [0.1, 0.15) is 5.75 Å². The average Bonchev–Trinajstić information content (AvgIpc) is 3.00. The highest BCUT2D eigenvalue weighted by Gasteiger charge is 2.17. The van der Waals surface area contributed by atoms with Crippen LogP contribution in [0, 0.1) is 6.92 Å². The molecule has 1 heterocycles. The van der Waals surface area contributed by atoms with Gasteiger partial charge in [-0.3, -0.25) is 9.52 Å². The van der Waals surface area contributed by atoms with Crippen molar-refractivity contribution in [3.8, 4) is 5.75 Å². The number of hydrogen-bond donors (Lipinski definition) is 2. The van der Waals surface area contributed by atoms with Crippen LogP contribution in [0.2, 0.25) is 0 Å². The van der Waals surface area contributed by atoms with Crippen molar-refractivity contribution >= 4 is 48.7 Å². The van der Waals surface area contributed by atoms with E-state index in [2.05, 4.69) is 10.0 Å². The number of benzene rings is 2. The molecule has 0 aliphatic rings. The largest absolute Gasteiger partial charge is 0.494 e. The molecule has 0 bridgehead atoms. The lowest BCUT2D eigenvalue weighted by Crippen LogP contribution is -2.15. The molecule has 0 atom stereocenters. The third-order valence-corrected chi connectivity index (χ3v) is 6.72. The minimum absolute atomic E-state index is 0.0418. The number of amides is 1. The Morgan fingerprint density at radius 3 is 2.59 bits per heavy atom. The van der Waals surface area contributed by atoms with Gasteiger partial charge in [-0.2, -0.15) is 0 Å². The summed E-state index contributed by atoms with van der Waals surface area (Å²) in [5.41, 5.74) is 1.79. The monoisotopic (exact) mass is 404 g/mol. The summed E-state index contributed by atoms with van der Waals surface area (Å²) in [6.07, 6.45) is 0. The molecule has 2 aromatic carbocycles. The van der Waals surface area contributed by atoms with Crippen LogP contribution in [0.5, 0.6) is 5.75 Å². The van der Waals surface area contributed by atoms with Crippen LogP contribution in [-0.2, 0) is 10.0 Å². The lowest BCUT2D eigenvalue weighted by atomic mass is 10.1. The standard InChI is InChI=1S/C19H20N2O4S2/c1-4-27(23,24)21-15-10-9-13(11-16(15)25-3)20-19(22)18-12(2)14-7-5-6-8-17(14)26-18/h5-11,21H,4H2,1-3H3,(H,20,22). The van der Waals surface area contributed by atoms with E-state index in [4.69, 9.17) is 4.74 Å². The van der Waals surface area contributed by atoms with Crippen molar-refractivity contribution in [2.45, 2.75) is 13.8 Å². The fourth-order valence-corrected chi connectivity index (χ4v) is 4.42. The molecule has 0 saturated heterocycles. The molecule has 0 aliphatic heterocycles. The SMILES string of the molecule is CCS(=O)(=O)Nc1ccc(NC(=O)c2sc3ccccc3c2C)cc1OC. The number of ether oxygens (including phenoxy) is 1. The van der Waals surface area contributed by atoms with Gasteiger partial charge in [0.05, 0.1) is 23.4 Å². The molecule has 27 heavy (non-hydrogen) atoms. The van der Waals surface area contributed by atoms with Crippen LogP contribution in [0.25, 0.3) is 10.1 Å². The van der Waals surface area contributed by atoms with E-state index in [1.165, 1.54) is 18.4 Å². The molecule has 1 aromatic heterocycles. The lowest BCUT2D eigenvalue weighted by molar-refractivity contribution is 0.103. The molecule has 0 aliphatic carbocycles. The number of rotatable bonds is 6. The molecule has 8 heteroatoms. The number of carbonyl (C=O) groups is 1. The summed E-state index contributed by atoms with van der Waals surface area (Å²) in [6.45, 7) is 3.48. The molecule has 0 saturated carbocycles. The Balaban J connectivity index is 1.86. The molecule has 0 radical (unpaired) electrons. The summed E-state index contributed by atoms with van der Waals surface area (Å²) in [4.78, 5) is 13.4. The highest BCUT2D eigenvalue weighted by Crippen LogP contribution is 2.32. The molecule has 3 rings (SSSR count). The molecule has 3 aromatic rings. The van der Waals surface area contributed by atoms with Crippen LogP contribution in [0.1, 0.15) is 22.2 Å². The summed E-state index contributed by atoms with van der Waals surface area (Å²) in [6, 6.07) is 12.7. The van der Waals surface area contributed by atoms with Crippen molar-refractivity contribution in [3.63, 3.8) is 0 Å². The third-order valence-electron chi connectivity index (χ3n) is 4.15. The second-order valence-electron chi connectivity index (χ2n) is 5.93. The predicted molar refractivity (Wildman–Crippen MR) is 111 cm³/mol. The Morgan fingerprint density at radius 2 is 1.93 bits per heavy atom. The van der Waals surface area contributed by atoms with Crippen molar-refractivity contribution in [1.29, 1.82) is 0 Å². The van der Waals surface area contributed by atoms with E-state index < -0.39 is 10.0 Å². The first-order valence-corrected chi connectivity index (χ1v) is 10.8. The van der Waals surface area contributed by atoms with Crippen LogP contribution in [0.3, 0.4) is 0 Å². The zero-order valence-electron chi connectivity index (χ0n) is 15.2. The van der Waals surface area contributed by atoms with Gasteiger partial charge in [-0.25, -0.2) is 8.42 Å². The Kier molecular flexibility index (Phi) is 5.38. The van der Waals surface area contributed by atoms with E-state index in [1.54, 1.807) is 25.1 Å². The van der Waals surface area contributed by atoms with Crippen LogP contribution in [-0.4, -0.2) is 27.2 Å². The lowest BCUT2D eigenvalue weighted by Gasteiger charge is -2.13. The quantitative estimate of drug-likeness (QED) is 0.644. The minimum atomic E-state index is -3.42. The maximum atomic E-state index is 12.7. The molecule has 1 amide bonds. The molecule has 6 nitrogen and oxygen atoms in total. The molecule has 142 valence electrons. The summed E-state index contributed by atoms with van der Waals surface area (Å²) >= 11 is 1.44. The molecular weight excluding hydrogens is 384 g/mol. The number of anilines is 2. The van der Waals surface area contributed by atoms with Crippen molar-refractivity contribution in [3.05, 3.63) is 52.9 Å². The van der Waals surface area contributed by atoms with Gasteiger partial charge in [-0.15, -0.1) is 11.3 Å². The zero-order chi connectivity index (χ0) is 19.6. The zero-order valence-corrected chi connectivity index (χ0v) is 16.8. The Hall–Kier alpha value is -2.58. The van der Waals surface area contributed by atoms with Crippen molar-refractivity contribution in [1.82, 2.24) is 0 Å². The fraction of sp³-hybridized carbons (Fsp3) is 0.211. The molecular formula is C19H20N2O4S2. The van der Waals surface area contributed by atoms with E-state index in [9.17, 15) is 13.2 Å². The molecule has 2 N–H and O–H groups in total. The smallest absolute Gasteiger partial charge is 0.266 e. The van der Waals surface area contributed by atoms with E-state index in [-0.39, 0.29) is 11.7 Å². The number of thiophene rings is 1. The number of sulfonamides is 1. The Bertz CT molecular complexity index is 1100. The van der Waals surface area contributed by atoms with Gasteiger partial charge in [0, 0.05) is 16.5 Å².